The number of anilines is 1. The zero-order valence-corrected chi connectivity index (χ0v) is 13.4. The summed E-state index contributed by atoms with van der Waals surface area (Å²) in [5.74, 6) is -0.431. The van der Waals surface area contributed by atoms with Crippen LogP contribution in [0.5, 0.6) is 0 Å². The predicted octanol–water partition coefficient (Wildman–Crippen LogP) is 4.16. The van der Waals surface area contributed by atoms with Crippen LogP contribution < -0.4 is 5.32 Å². The van der Waals surface area contributed by atoms with Crippen molar-refractivity contribution in [2.45, 2.75) is 13.3 Å². The Kier molecular flexibility index (Phi) is 4.39. The maximum absolute atomic E-state index is 12.5. The first-order chi connectivity index (χ1) is 11.0. The molecule has 1 N–H and O–H groups in total. The van der Waals surface area contributed by atoms with Gasteiger partial charge in [-0.1, -0.05) is 41.7 Å². The van der Waals surface area contributed by atoms with Crippen LogP contribution in [0.25, 0.3) is 10.6 Å². The van der Waals surface area contributed by atoms with E-state index in [9.17, 15) is 13.6 Å². The monoisotopic (exact) mass is 352 g/mol. The van der Waals surface area contributed by atoms with Crippen molar-refractivity contribution in [2.24, 2.45) is 0 Å². The lowest BCUT2D eigenvalue weighted by Gasteiger charge is -1.98. The Morgan fingerprint density at radius 1 is 1.17 bits per heavy atom. The number of rotatable bonds is 4. The zero-order valence-electron chi connectivity index (χ0n) is 11.8. The highest BCUT2D eigenvalue weighted by Gasteiger charge is 2.19. The minimum atomic E-state index is -2.70. The average Bonchev–Trinajstić information content (AvgIpc) is 3.15. The Morgan fingerprint density at radius 3 is 2.57 bits per heavy atom. The Bertz CT molecular complexity index is 832. The van der Waals surface area contributed by atoms with Gasteiger partial charge in [0.15, 0.2) is 5.01 Å². The quantitative estimate of drug-likeness (QED) is 0.765. The molecule has 5 nitrogen and oxygen atoms in total. The molecule has 3 aromatic rings. The Balaban J connectivity index is 1.81. The van der Waals surface area contributed by atoms with Gasteiger partial charge in [0.2, 0.25) is 5.13 Å². The van der Waals surface area contributed by atoms with Gasteiger partial charge >= 0.3 is 0 Å². The van der Waals surface area contributed by atoms with Crippen molar-refractivity contribution in [1.82, 2.24) is 15.2 Å². The van der Waals surface area contributed by atoms with E-state index in [0.717, 1.165) is 10.6 Å². The minimum Gasteiger partial charge on any atom is -0.296 e. The molecule has 0 bridgehead atoms. The van der Waals surface area contributed by atoms with Gasteiger partial charge in [-0.3, -0.25) is 10.1 Å². The molecule has 1 amide bonds. The molecule has 1 aromatic carbocycles. The first kappa shape index (κ1) is 15.6. The van der Waals surface area contributed by atoms with E-state index in [1.54, 1.807) is 6.92 Å². The topological polar surface area (TPSA) is 67.8 Å². The molecule has 0 unspecified atom stereocenters. The summed E-state index contributed by atoms with van der Waals surface area (Å²) in [5.41, 5.74) is 1.49. The van der Waals surface area contributed by atoms with Crippen molar-refractivity contribution in [1.29, 1.82) is 0 Å². The van der Waals surface area contributed by atoms with Crippen molar-refractivity contribution in [2.75, 3.05) is 5.32 Å². The molecule has 0 aliphatic heterocycles. The number of aromatic nitrogens is 3. The average molecular weight is 352 g/mol. The summed E-state index contributed by atoms with van der Waals surface area (Å²) in [6.45, 7) is 1.72. The zero-order chi connectivity index (χ0) is 16.4. The number of alkyl halides is 2. The van der Waals surface area contributed by atoms with Crippen LogP contribution in [0.2, 0.25) is 0 Å². The van der Waals surface area contributed by atoms with Crippen molar-refractivity contribution in [3.8, 4) is 10.6 Å². The molecule has 0 aliphatic rings. The highest BCUT2D eigenvalue weighted by molar-refractivity contribution is 7.17. The maximum atomic E-state index is 12.5. The van der Waals surface area contributed by atoms with Gasteiger partial charge in [-0.2, -0.15) is 0 Å². The summed E-state index contributed by atoms with van der Waals surface area (Å²) < 4.78 is 25.0. The smallest absolute Gasteiger partial charge is 0.291 e. The fraction of sp³-hybridized carbons (Fsp3) is 0.143. The molecule has 0 saturated carbocycles. The highest BCUT2D eigenvalue weighted by atomic mass is 32.1. The summed E-state index contributed by atoms with van der Waals surface area (Å²) in [5, 5.41) is 9.69. The highest BCUT2D eigenvalue weighted by Crippen LogP contribution is 2.29. The lowest BCUT2D eigenvalue weighted by atomic mass is 10.2. The van der Waals surface area contributed by atoms with E-state index >= 15 is 0 Å². The van der Waals surface area contributed by atoms with Gasteiger partial charge in [-0.05, 0) is 6.92 Å². The van der Waals surface area contributed by atoms with Crippen LogP contribution >= 0.6 is 22.7 Å². The van der Waals surface area contributed by atoms with Crippen molar-refractivity contribution < 1.29 is 13.6 Å². The molecule has 9 heteroatoms. The maximum Gasteiger partial charge on any atom is 0.291 e. The van der Waals surface area contributed by atoms with Gasteiger partial charge in [-0.25, -0.2) is 13.8 Å². The third-order valence-corrected chi connectivity index (χ3v) is 4.92. The summed E-state index contributed by atoms with van der Waals surface area (Å²) in [7, 11) is 0. The number of nitrogens with zero attached hydrogens (tertiary/aromatic N) is 3. The number of halogens is 2. The van der Waals surface area contributed by atoms with E-state index in [1.807, 2.05) is 30.3 Å². The molecule has 0 spiro atoms. The molecule has 2 heterocycles. The van der Waals surface area contributed by atoms with Crippen molar-refractivity contribution in [3.63, 3.8) is 0 Å². The number of benzene rings is 1. The van der Waals surface area contributed by atoms with E-state index in [1.165, 1.54) is 11.3 Å². The van der Waals surface area contributed by atoms with Crippen LogP contribution in [0.4, 0.5) is 13.9 Å². The van der Waals surface area contributed by atoms with Crippen LogP contribution in [-0.4, -0.2) is 21.1 Å². The van der Waals surface area contributed by atoms with Gasteiger partial charge in [0, 0.05) is 5.56 Å². The Hall–Kier alpha value is -2.26. The molecule has 0 atom stereocenters. The van der Waals surface area contributed by atoms with E-state index in [0.29, 0.717) is 21.9 Å². The van der Waals surface area contributed by atoms with Gasteiger partial charge in [-0.15, -0.1) is 21.5 Å². The number of thiazole rings is 1. The molecule has 23 heavy (non-hydrogen) atoms. The van der Waals surface area contributed by atoms with Crippen LogP contribution in [-0.2, 0) is 0 Å². The first-order valence-corrected chi connectivity index (χ1v) is 8.13. The Labute approximate surface area is 138 Å². The van der Waals surface area contributed by atoms with Crippen LogP contribution in [0.15, 0.2) is 30.3 Å². The van der Waals surface area contributed by atoms with Gasteiger partial charge in [0.1, 0.15) is 9.88 Å². The van der Waals surface area contributed by atoms with E-state index in [4.69, 9.17) is 0 Å². The van der Waals surface area contributed by atoms with Gasteiger partial charge in [0.25, 0.3) is 12.3 Å². The number of amides is 1. The number of nitrogens with one attached hydrogen (secondary N) is 1. The van der Waals surface area contributed by atoms with E-state index in [2.05, 4.69) is 20.5 Å². The van der Waals surface area contributed by atoms with Crippen LogP contribution in [0.3, 0.4) is 0 Å². The van der Waals surface area contributed by atoms with Crippen LogP contribution in [0, 0.1) is 6.92 Å². The molecule has 118 valence electrons. The molecular formula is C14H10F2N4OS2. The third-order valence-electron chi connectivity index (χ3n) is 2.87. The summed E-state index contributed by atoms with van der Waals surface area (Å²) in [6, 6.07) is 9.48. The lowest BCUT2D eigenvalue weighted by Crippen LogP contribution is -2.11. The summed E-state index contributed by atoms with van der Waals surface area (Å²) in [4.78, 5) is 17.1. The molecule has 3 rings (SSSR count). The molecule has 0 saturated heterocycles. The lowest BCUT2D eigenvalue weighted by molar-refractivity contribution is 0.102. The second kappa shape index (κ2) is 6.47. The summed E-state index contributed by atoms with van der Waals surface area (Å²) >= 11 is 1.89. The molecule has 0 radical (unpaired) electrons. The fourth-order valence-electron chi connectivity index (χ4n) is 1.84. The largest absolute Gasteiger partial charge is 0.296 e. The van der Waals surface area contributed by atoms with Crippen LogP contribution in [0.1, 0.15) is 26.8 Å². The number of hydrogen-bond donors (Lipinski definition) is 1. The Morgan fingerprint density at radius 2 is 1.91 bits per heavy atom. The number of hydrogen-bond acceptors (Lipinski definition) is 6. The second-order valence-electron chi connectivity index (χ2n) is 4.50. The van der Waals surface area contributed by atoms with E-state index < -0.39 is 17.3 Å². The standard InChI is InChI=1S/C14H10F2N4OS2/c1-7-9(22-12(17-7)8-5-3-2-4-6-8)11(21)18-14-20-19-13(23-14)10(15)16/h2-6,10H,1H3,(H,18,20,21). The number of carbonyl (C=O) groups excluding carboxylic acids is 1. The predicted molar refractivity (Wildman–Crippen MR) is 85.1 cm³/mol. The molecular weight excluding hydrogens is 342 g/mol. The van der Waals surface area contributed by atoms with Crippen molar-refractivity contribution in [3.05, 3.63) is 45.9 Å². The van der Waals surface area contributed by atoms with Gasteiger partial charge < -0.3 is 0 Å². The van der Waals surface area contributed by atoms with Crippen molar-refractivity contribution >= 4 is 33.7 Å². The number of aryl methyl sites for hydroxylation is 1. The first-order valence-electron chi connectivity index (χ1n) is 6.50. The molecule has 0 fully saturated rings. The van der Waals surface area contributed by atoms with Gasteiger partial charge in [0.05, 0.1) is 5.69 Å². The SMILES string of the molecule is Cc1nc(-c2ccccc2)sc1C(=O)Nc1nnc(C(F)F)s1. The third kappa shape index (κ3) is 3.40. The number of carbonyl (C=O) groups is 1. The molecule has 0 aliphatic carbocycles. The summed E-state index contributed by atoms with van der Waals surface area (Å²) in [6.07, 6.45) is -2.70. The molecule has 2 aromatic heterocycles. The second-order valence-corrected chi connectivity index (χ2v) is 6.51. The normalized spacial score (nSPS) is 11.0. The van der Waals surface area contributed by atoms with E-state index in [-0.39, 0.29) is 5.13 Å². The minimum absolute atomic E-state index is 0.0411. The fourth-order valence-corrected chi connectivity index (χ4v) is 3.40.